The van der Waals surface area contributed by atoms with Gasteiger partial charge in [-0.15, -0.1) is 0 Å². The second kappa shape index (κ2) is 12.9. The van der Waals surface area contributed by atoms with Crippen molar-refractivity contribution >= 4 is 16.9 Å². The van der Waals surface area contributed by atoms with Gasteiger partial charge in [-0.1, -0.05) is 31.0 Å². The van der Waals surface area contributed by atoms with Crippen LogP contribution in [0.25, 0.3) is 22.3 Å². The molecule has 3 aromatic heterocycles. The number of nitrogens with one attached hydrogen (secondary N) is 1. The van der Waals surface area contributed by atoms with E-state index in [-0.39, 0.29) is 59.1 Å². The van der Waals surface area contributed by atoms with Gasteiger partial charge < -0.3 is 19.4 Å². The van der Waals surface area contributed by atoms with Crippen molar-refractivity contribution < 1.29 is 27.4 Å². The van der Waals surface area contributed by atoms with Gasteiger partial charge in [-0.05, 0) is 55.2 Å². The van der Waals surface area contributed by atoms with Crippen LogP contribution < -0.4 is 10.1 Å². The highest BCUT2D eigenvalue weighted by molar-refractivity contribution is 5.92. The first-order chi connectivity index (χ1) is 22.4. The summed E-state index contributed by atoms with van der Waals surface area (Å²) < 4.78 is 59.1. The fraction of sp³-hybridized carbons (Fsp3) is 0.314. The van der Waals surface area contributed by atoms with Gasteiger partial charge in [-0.25, -0.2) is 23.1 Å². The van der Waals surface area contributed by atoms with E-state index in [9.17, 15) is 9.18 Å². The summed E-state index contributed by atoms with van der Waals surface area (Å²) in [4.78, 5) is 25.6. The summed E-state index contributed by atoms with van der Waals surface area (Å²) in [5.41, 5.74) is 2.12. The Hall–Kier alpha value is -4.77. The molecule has 0 bridgehead atoms. The van der Waals surface area contributed by atoms with E-state index in [1.807, 2.05) is 28.8 Å². The third kappa shape index (κ3) is 6.32. The topological polar surface area (TPSA) is 91.2 Å². The lowest BCUT2D eigenvalue weighted by atomic mass is 10.0. The zero-order chi connectivity index (χ0) is 31.6. The van der Waals surface area contributed by atoms with Crippen molar-refractivity contribution in [2.45, 2.75) is 63.8 Å². The molecule has 11 heteroatoms. The highest BCUT2D eigenvalue weighted by atomic mass is 19.1. The van der Waals surface area contributed by atoms with Crippen LogP contribution in [0.2, 0.25) is 0 Å². The fourth-order valence-corrected chi connectivity index (χ4v) is 6.00. The van der Waals surface area contributed by atoms with Crippen molar-refractivity contribution in [1.82, 2.24) is 24.8 Å². The number of fused-ring (bicyclic) bond motifs is 1. The Balaban J connectivity index is 1.05. The van der Waals surface area contributed by atoms with Crippen molar-refractivity contribution in [2.24, 2.45) is 0 Å². The van der Waals surface area contributed by atoms with Crippen molar-refractivity contribution in [2.75, 3.05) is 6.61 Å². The van der Waals surface area contributed by atoms with Crippen LogP contribution in [-0.4, -0.2) is 44.2 Å². The van der Waals surface area contributed by atoms with Crippen molar-refractivity contribution in [3.63, 3.8) is 0 Å². The molecule has 7 rings (SSSR count). The number of imidazole rings is 1. The summed E-state index contributed by atoms with van der Waals surface area (Å²) in [5, 5.41) is 2.89. The monoisotopic (exact) mass is 627 g/mol. The van der Waals surface area contributed by atoms with Gasteiger partial charge in [-0.3, -0.25) is 9.78 Å². The number of amides is 1. The number of aromatic nitrogens is 4. The van der Waals surface area contributed by atoms with Crippen LogP contribution in [0.1, 0.15) is 59.5 Å². The number of para-hydroxylation sites is 2. The lowest BCUT2D eigenvalue weighted by Crippen LogP contribution is -2.33. The molecule has 1 aliphatic heterocycles. The first-order valence-electron chi connectivity index (χ1n) is 15.5. The number of pyridine rings is 2. The van der Waals surface area contributed by atoms with Crippen molar-refractivity contribution in [3.05, 3.63) is 107 Å². The van der Waals surface area contributed by atoms with Crippen LogP contribution in [-0.2, 0) is 24.3 Å². The lowest BCUT2D eigenvalue weighted by Gasteiger charge is -2.27. The SMILES string of the molecule is O=C(NC1CCCC1)c1cc(F)c(COc2cccc(-c3cc(F)c(Cc4nc5ccccc5n4C[C@@H]4CCO4)cc3F)n2)cn1. The van der Waals surface area contributed by atoms with Gasteiger partial charge in [0.15, 0.2) is 0 Å². The van der Waals surface area contributed by atoms with Gasteiger partial charge in [0, 0.05) is 48.5 Å². The number of nitrogens with zero attached hydrogens (tertiary/aromatic N) is 4. The molecule has 1 amide bonds. The molecule has 1 aliphatic carbocycles. The number of halogens is 3. The first kappa shape index (κ1) is 29.9. The minimum absolute atomic E-state index is 0.00106. The molecule has 1 saturated heterocycles. The standard InChI is InChI=1S/C35H32F3N5O3/c36-26-16-25(28(38)14-21(26)15-33-41-30-8-3-4-10-32(30)43(33)19-24-12-13-45-24)29-9-5-11-34(42-29)46-20-22-18-39-31(17-27(22)37)35(44)40-23-6-1-2-7-23/h3-5,8-11,14,16-18,23-24H,1-2,6-7,12-13,15,19-20H2,(H,40,44)/t24-/m0/s1. The second-order valence-electron chi connectivity index (χ2n) is 11.8. The number of carbonyl (C=O) groups excluding carboxylic acids is 1. The number of carbonyl (C=O) groups is 1. The molecule has 2 aromatic carbocycles. The zero-order valence-corrected chi connectivity index (χ0v) is 25.0. The summed E-state index contributed by atoms with van der Waals surface area (Å²) in [7, 11) is 0. The molecule has 5 aromatic rings. The third-order valence-corrected chi connectivity index (χ3v) is 8.63. The Labute approximate surface area is 263 Å². The first-order valence-corrected chi connectivity index (χ1v) is 15.5. The van der Waals surface area contributed by atoms with Crippen LogP contribution in [0.4, 0.5) is 13.2 Å². The molecule has 2 aliphatic rings. The van der Waals surface area contributed by atoms with Crippen LogP contribution >= 0.6 is 0 Å². The van der Waals surface area contributed by atoms with Crippen LogP contribution in [0.15, 0.2) is 66.9 Å². The molecule has 46 heavy (non-hydrogen) atoms. The van der Waals surface area contributed by atoms with E-state index < -0.39 is 23.4 Å². The van der Waals surface area contributed by atoms with E-state index in [1.54, 1.807) is 12.1 Å². The smallest absolute Gasteiger partial charge is 0.270 e. The largest absolute Gasteiger partial charge is 0.473 e. The summed E-state index contributed by atoms with van der Waals surface area (Å²) in [6, 6.07) is 15.8. The molecule has 0 spiro atoms. The third-order valence-electron chi connectivity index (χ3n) is 8.63. The number of hydrogen-bond acceptors (Lipinski definition) is 6. The minimum Gasteiger partial charge on any atom is -0.473 e. The molecule has 4 heterocycles. The van der Waals surface area contributed by atoms with Crippen LogP contribution in [0.3, 0.4) is 0 Å². The van der Waals surface area contributed by atoms with E-state index in [0.717, 1.165) is 61.9 Å². The molecule has 0 unspecified atom stereocenters. The number of benzene rings is 2. The number of rotatable bonds is 10. The van der Waals surface area contributed by atoms with Gasteiger partial charge >= 0.3 is 0 Å². The van der Waals surface area contributed by atoms with Gasteiger partial charge in [0.05, 0.1) is 29.4 Å². The maximum atomic E-state index is 15.5. The van der Waals surface area contributed by atoms with Gasteiger partial charge in [0.25, 0.3) is 5.91 Å². The maximum Gasteiger partial charge on any atom is 0.270 e. The van der Waals surface area contributed by atoms with Crippen molar-refractivity contribution in [1.29, 1.82) is 0 Å². The number of ether oxygens (including phenoxy) is 2. The highest BCUT2D eigenvalue weighted by Gasteiger charge is 2.23. The summed E-state index contributed by atoms with van der Waals surface area (Å²) in [6.07, 6.45) is 6.31. The fourth-order valence-electron chi connectivity index (χ4n) is 6.00. The van der Waals surface area contributed by atoms with E-state index in [4.69, 9.17) is 14.5 Å². The summed E-state index contributed by atoms with van der Waals surface area (Å²) in [5.74, 6) is -1.56. The van der Waals surface area contributed by atoms with Crippen LogP contribution in [0.5, 0.6) is 5.88 Å². The molecular formula is C35H32F3N5O3. The molecule has 2 fully saturated rings. The quantitative estimate of drug-likeness (QED) is 0.189. The normalized spacial score (nSPS) is 16.5. The predicted octanol–water partition coefficient (Wildman–Crippen LogP) is 6.54. The van der Waals surface area contributed by atoms with Crippen LogP contribution in [0, 0.1) is 17.5 Å². The van der Waals surface area contributed by atoms with Crippen molar-refractivity contribution in [3.8, 4) is 17.1 Å². The Morgan fingerprint density at radius 1 is 0.935 bits per heavy atom. The zero-order valence-electron chi connectivity index (χ0n) is 25.0. The van der Waals surface area contributed by atoms with Gasteiger partial charge in [0.2, 0.25) is 5.88 Å². The minimum atomic E-state index is -0.646. The highest BCUT2D eigenvalue weighted by Crippen LogP contribution is 2.29. The van der Waals surface area contributed by atoms with E-state index in [0.29, 0.717) is 12.4 Å². The predicted molar refractivity (Wildman–Crippen MR) is 165 cm³/mol. The van der Waals surface area contributed by atoms with Gasteiger partial charge in [-0.2, -0.15) is 0 Å². The van der Waals surface area contributed by atoms with E-state index in [2.05, 4.69) is 15.3 Å². The number of hydrogen-bond donors (Lipinski definition) is 1. The Kier molecular flexibility index (Phi) is 8.40. The van der Waals surface area contributed by atoms with E-state index >= 15 is 8.78 Å². The average molecular weight is 628 g/mol. The molecule has 1 saturated carbocycles. The molecule has 236 valence electrons. The molecule has 1 atom stereocenters. The Morgan fingerprint density at radius 2 is 1.74 bits per heavy atom. The summed E-state index contributed by atoms with van der Waals surface area (Å²) >= 11 is 0. The Morgan fingerprint density at radius 3 is 2.52 bits per heavy atom. The average Bonchev–Trinajstić information content (AvgIpc) is 3.67. The summed E-state index contributed by atoms with van der Waals surface area (Å²) in [6.45, 7) is 1.09. The Bertz CT molecular complexity index is 1900. The lowest BCUT2D eigenvalue weighted by molar-refractivity contribution is -0.0589. The second-order valence-corrected chi connectivity index (χ2v) is 11.8. The molecule has 1 N–H and O–H groups in total. The van der Waals surface area contributed by atoms with E-state index in [1.165, 1.54) is 18.3 Å². The maximum absolute atomic E-state index is 15.5. The molecular weight excluding hydrogens is 595 g/mol. The molecule has 8 nitrogen and oxygen atoms in total. The molecule has 0 radical (unpaired) electrons. The van der Waals surface area contributed by atoms with Gasteiger partial charge in [0.1, 0.15) is 35.6 Å².